The third kappa shape index (κ3) is 1.85. The van der Waals surface area contributed by atoms with Crippen LogP contribution in [-0.2, 0) is 4.74 Å². The molecule has 0 bridgehead atoms. The predicted molar refractivity (Wildman–Crippen MR) is 69.4 cm³/mol. The van der Waals surface area contributed by atoms with E-state index in [1.54, 1.807) is 13.0 Å². The summed E-state index contributed by atoms with van der Waals surface area (Å²) in [5, 5.41) is 10.4. The zero-order valence-electron chi connectivity index (χ0n) is 9.01. The standard InChI is InChI=1S/C11H8Br2O4/c1-4-7-6(17-10(4)11(15)16-2)3-5(12)9(14)8(7)13/h3,14H,1-2H3. The minimum Gasteiger partial charge on any atom is -0.506 e. The molecular weight excluding hydrogens is 356 g/mol. The van der Waals surface area contributed by atoms with Gasteiger partial charge in [0.1, 0.15) is 11.3 Å². The van der Waals surface area contributed by atoms with Crippen LogP contribution in [0.5, 0.6) is 5.75 Å². The molecule has 6 heteroatoms. The number of benzene rings is 1. The molecule has 0 fully saturated rings. The largest absolute Gasteiger partial charge is 0.506 e. The lowest BCUT2D eigenvalue weighted by atomic mass is 10.1. The predicted octanol–water partition coefficient (Wildman–Crippen LogP) is 3.76. The molecule has 0 amide bonds. The second-order valence-electron chi connectivity index (χ2n) is 3.44. The summed E-state index contributed by atoms with van der Waals surface area (Å²) in [4.78, 5) is 11.5. The molecule has 90 valence electrons. The molecule has 0 aliphatic rings. The van der Waals surface area contributed by atoms with Crippen LogP contribution in [-0.4, -0.2) is 18.2 Å². The number of hydrogen-bond donors (Lipinski definition) is 1. The van der Waals surface area contributed by atoms with E-state index in [2.05, 4.69) is 36.6 Å². The second kappa shape index (κ2) is 4.34. The van der Waals surface area contributed by atoms with E-state index in [0.717, 1.165) is 0 Å². The van der Waals surface area contributed by atoms with Crippen molar-refractivity contribution in [1.82, 2.24) is 0 Å². The van der Waals surface area contributed by atoms with Crippen LogP contribution in [0.2, 0.25) is 0 Å². The van der Waals surface area contributed by atoms with E-state index in [0.29, 0.717) is 25.5 Å². The minimum absolute atomic E-state index is 0.0674. The first-order valence-corrected chi connectivity index (χ1v) is 6.24. The summed E-state index contributed by atoms with van der Waals surface area (Å²) in [6.07, 6.45) is 0. The van der Waals surface area contributed by atoms with Gasteiger partial charge in [0.2, 0.25) is 5.76 Å². The first-order valence-electron chi connectivity index (χ1n) is 4.65. The molecule has 1 N–H and O–H groups in total. The van der Waals surface area contributed by atoms with Gasteiger partial charge in [0, 0.05) is 10.9 Å². The van der Waals surface area contributed by atoms with Gasteiger partial charge in [-0.2, -0.15) is 0 Å². The van der Waals surface area contributed by atoms with Gasteiger partial charge in [-0.3, -0.25) is 0 Å². The number of furan rings is 1. The van der Waals surface area contributed by atoms with E-state index in [9.17, 15) is 9.90 Å². The highest BCUT2D eigenvalue weighted by Crippen LogP contribution is 2.42. The Labute approximate surface area is 114 Å². The minimum atomic E-state index is -0.541. The highest BCUT2D eigenvalue weighted by Gasteiger charge is 2.22. The van der Waals surface area contributed by atoms with Gasteiger partial charge in [0.05, 0.1) is 16.1 Å². The Morgan fingerprint density at radius 2 is 2.12 bits per heavy atom. The van der Waals surface area contributed by atoms with E-state index < -0.39 is 5.97 Å². The molecule has 1 aromatic carbocycles. The fourth-order valence-corrected chi connectivity index (χ4v) is 2.98. The fraction of sp³-hybridized carbons (Fsp3) is 0.182. The van der Waals surface area contributed by atoms with Crippen LogP contribution < -0.4 is 0 Å². The Balaban J connectivity index is 2.83. The van der Waals surface area contributed by atoms with E-state index in [4.69, 9.17) is 4.42 Å². The number of carbonyl (C=O) groups is 1. The molecule has 4 nitrogen and oxygen atoms in total. The Kier molecular flexibility index (Phi) is 3.18. The van der Waals surface area contributed by atoms with Crippen molar-refractivity contribution in [2.75, 3.05) is 7.11 Å². The molecule has 0 saturated heterocycles. The second-order valence-corrected chi connectivity index (χ2v) is 5.09. The van der Waals surface area contributed by atoms with Crippen molar-refractivity contribution >= 4 is 48.8 Å². The zero-order valence-corrected chi connectivity index (χ0v) is 12.2. The maximum atomic E-state index is 11.5. The Morgan fingerprint density at radius 3 is 2.71 bits per heavy atom. The number of fused-ring (bicyclic) bond motifs is 1. The summed E-state index contributed by atoms with van der Waals surface area (Å²) in [7, 11) is 1.29. The molecular formula is C11H8Br2O4. The number of rotatable bonds is 1. The van der Waals surface area contributed by atoms with E-state index in [-0.39, 0.29) is 11.5 Å². The van der Waals surface area contributed by atoms with Crippen molar-refractivity contribution in [1.29, 1.82) is 0 Å². The van der Waals surface area contributed by atoms with Gasteiger partial charge in [0.15, 0.2) is 0 Å². The Bertz CT molecular complexity index is 616. The lowest BCUT2D eigenvalue weighted by Crippen LogP contribution is -2.00. The number of phenols is 1. The molecule has 0 spiro atoms. The van der Waals surface area contributed by atoms with Crippen molar-refractivity contribution in [3.05, 3.63) is 26.3 Å². The zero-order chi connectivity index (χ0) is 12.7. The number of hydrogen-bond acceptors (Lipinski definition) is 4. The number of methoxy groups -OCH3 is 1. The van der Waals surface area contributed by atoms with E-state index >= 15 is 0 Å². The highest BCUT2D eigenvalue weighted by molar-refractivity contribution is 9.11. The number of ether oxygens (including phenoxy) is 1. The van der Waals surface area contributed by atoms with Crippen LogP contribution in [0.25, 0.3) is 11.0 Å². The maximum absolute atomic E-state index is 11.5. The number of phenolic OH excluding ortho intramolecular Hbond substituents is 1. The Hall–Kier alpha value is -1.01. The van der Waals surface area contributed by atoms with Gasteiger partial charge in [0.25, 0.3) is 0 Å². The molecule has 0 radical (unpaired) electrons. The molecule has 0 unspecified atom stereocenters. The van der Waals surface area contributed by atoms with Gasteiger partial charge in [-0.1, -0.05) is 0 Å². The van der Waals surface area contributed by atoms with Gasteiger partial charge < -0.3 is 14.3 Å². The topological polar surface area (TPSA) is 59.7 Å². The van der Waals surface area contributed by atoms with E-state index in [1.165, 1.54) is 7.11 Å². The lowest BCUT2D eigenvalue weighted by molar-refractivity contribution is 0.0566. The molecule has 2 rings (SSSR count). The lowest BCUT2D eigenvalue weighted by Gasteiger charge is -2.01. The van der Waals surface area contributed by atoms with Crippen LogP contribution >= 0.6 is 31.9 Å². The van der Waals surface area contributed by atoms with Crippen LogP contribution in [0.3, 0.4) is 0 Å². The number of esters is 1. The number of aromatic hydroxyl groups is 1. The molecule has 0 saturated carbocycles. The number of carbonyl (C=O) groups excluding carboxylic acids is 1. The summed E-state index contributed by atoms with van der Waals surface area (Å²) in [5.74, 6) is -0.334. The maximum Gasteiger partial charge on any atom is 0.374 e. The smallest absolute Gasteiger partial charge is 0.374 e. The molecule has 1 heterocycles. The SMILES string of the molecule is COC(=O)c1oc2cc(Br)c(O)c(Br)c2c1C. The van der Waals surface area contributed by atoms with Gasteiger partial charge >= 0.3 is 5.97 Å². The van der Waals surface area contributed by atoms with Crippen molar-refractivity contribution in [2.45, 2.75) is 6.92 Å². The molecule has 0 aliphatic carbocycles. The molecule has 2 aromatic rings. The summed E-state index contributed by atoms with van der Waals surface area (Å²) in [6, 6.07) is 1.61. The quantitative estimate of drug-likeness (QED) is 0.783. The Morgan fingerprint density at radius 1 is 1.47 bits per heavy atom. The van der Waals surface area contributed by atoms with Crippen molar-refractivity contribution < 1.29 is 19.1 Å². The third-order valence-corrected chi connectivity index (χ3v) is 3.83. The summed E-state index contributed by atoms with van der Waals surface area (Å²) < 4.78 is 11.0. The highest BCUT2D eigenvalue weighted by atomic mass is 79.9. The summed E-state index contributed by atoms with van der Waals surface area (Å²) >= 11 is 6.47. The van der Waals surface area contributed by atoms with Crippen molar-refractivity contribution in [3.63, 3.8) is 0 Å². The van der Waals surface area contributed by atoms with Crippen molar-refractivity contribution in [3.8, 4) is 5.75 Å². The van der Waals surface area contributed by atoms with Crippen molar-refractivity contribution in [2.24, 2.45) is 0 Å². The third-order valence-electron chi connectivity index (χ3n) is 2.46. The first kappa shape index (κ1) is 12.4. The molecule has 0 aliphatic heterocycles. The van der Waals surface area contributed by atoms with Crippen LogP contribution in [0.4, 0.5) is 0 Å². The summed E-state index contributed by atoms with van der Waals surface area (Å²) in [6.45, 7) is 1.73. The number of aryl methyl sites for hydroxylation is 1. The average Bonchev–Trinajstić information content (AvgIpc) is 2.62. The van der Waals surface area contributed by atoms with E-state index in [1.807, 2.05) is 0 Å². The van der Waals surface area contributed by atoms with Gasteiger partial charge in [-0.25, -0.2) is 4.79 Å². The average molecular weight is 364 g/mol. The number of halogens is 2. The fourth-order valence-electron chi connectivity index (χ4n) is 1.60. The molecule has 17 heavy (non-hydrogen) atoms. The molecule has 0 atom stereocenters. The van der Waals surface area contributed by atoms with Crippen LogP contribution in [0.1, 0.15) is 16.1 Å². The van der Waals surface area contributed by atoms with Crippen LogP contribution in [0, 0.1) is 6.92 Å². The van der Waals surface area contributed by atoms with Gasteiger partial charge in [-0.05, 0) is 44.8 Å². The monoisotopic (exact) mass is 362 g/mol. The van der Waals surface area contributed by atoms with Gasteiger partial charge in [-0.15, -0.1) is 0 Å². The van der Waals surface area contributed by atoms with Crippen LogP contribution in [0.15, 0.2) is 19.4 Å². The summed E-state index contributed by atoms with van der Waals surface area (Å²) in [5.41, 5.74) is 1.13. The first-order chi connectivity index (χ1) is 7.97. The normalized spacial score (nSPS) is 10.8. The molecule has 1 aromatic heterocycles.